The second-order valence-electron chi connectivity index (χ2n) is 7.66. The summed E-state index contributed by atoms with van der Waals surface area (Å²) in [6.07, 6.45) is -4.06. The largest absolute Gasteiger partial charge is 0.416 e. The van der Waals surface area contributed by atoms with Crippen molar-refractivity contribution in [2.24, 2.45) is 5.41 Å². The van der Waals surface area contributed by atoms with E-state index in [0.717, 1.165) is 17.7 Å². The molecule has 2 aromatic rings. The van der Waals surface area contributed by atoms with Gasteiger partial charge in [0.1, 0.15) is 0 Å². The van der Waals surface area contributed by atoms with Crippen LogP contribution < -0.4 is 5.32 Å². The van der Waals surface area contributed by atoms with E-state index in [9.17, 15) is 22.8 Å². The number of nitrogens with one attached hydrogen (secondary N) is 1. The quantitative estimate of drug-likeness (QED) is 0.770. The Labute approximate surface area is 155 Å². The number of ketones is 1. The Morgan fingerprint density at radius 1 is 1.11 bits per heavy atom. The van der Waals surface area contributed by atoms with Gasteiger partial charge in [-0.3, -0.25) is 9.59 Å². The Balaban J connectivity index is 2.02. The molecule has 0 radical (unpaired) electrons. The molecule has 1 amide bonds. The molecule has 0 spiro atoms. The molecule has 2 aromatic carbocycles. The molecule has 0 fully saturated rings. The second-order valence-corrected chi connectivity index (χ2v) is 7.66. The van der Waals surface area contributed by atoms with Crippen LogP contribution in [0.1, 0.15) is 56.8 Å². The third kappa shape index (κ3) is 3.36. The zero-order chi connectivity index (χ0) is 20.1. The Bertz CT molecular complexity index is 959. The summed E-state index contributed by atoms with van der Waals surface area (Å²) in [6.45, 7) is 7.26. The summed E-state index contributed by atoms with van der Waals surface area (Å²) < 4.78 is 38.7. The molecular weight excluding hydrogens is 355 g/mol. The van der Waals surface area contributed by atoms with Gasteiger partial charge in [0.2, 0.25) is 0 Å². The monoisotopic (exact) mass is 375 g/mol. The summed E-state index contributed by atoms with van der Waals surface area (Å²) in [5, 5.41) is 2.55. The lowest BCUT2D eigenvalue weighted by atomic mass is 9.88. The van der Waals surface area contributed by atoms with Crippen molar-refractivity contribution in [3.05, 3.63) is 63.7 Å². The van der Waals surface area contributed by atoms with E-state index in [2.05, 4.69) is 5.32 Å². The number of Topliss-reactive ketones (excluding diaryl/α,β-unsaturated/α-hetero) is 1. The van der Waals surface area contributed by atoms with Gasteiger partial charge in [0, 0.05) is 22.2 Å². The molecule has 0 saturated carbocycles. The maximum atomic E-state index is 12.9. The van der Waals surface area contributed by atoms with Crippen LogP contribution in [0.3, 0.4) is 0 Å². The maximum Gasteiger partial charge on any atom is 0.416 e. The molecule has 1 aliphatic carbocycles. The highest BCUT2D eigenvalue weighted by molar-refractivity contribution is 6.12. The minimum Gasteiger partial charge on any atom is -0.322 e. The molecule has 3 rings (SSSR count). The SMILES string of the molecule is Cc1cc(C)c2c(c1C(=O)Nc1cccc(C(F)(F)F)c1)CC(C)(C)C2=O. The van der Waals surface area contributed by atoms with Gasteiger partial charge in [-0.25, -0.2) is 0 Å². The first kappa shape index (κ1) is 19.1. The number of amides is 1. The highest BCUT2D eigenvalue weighted by Gasteiger charge is 2.41. The number of alkyl halides is 3. The van der Waals surface area contributed by atoms with Gasteiger partial charge in [0.15, 0.2) is 5.78 Å². The number of benzene rings is 2. The van der Waals surface area contributed by atoms with Crippen LogP contribution in [0.2, 0.25) is 0 Å². The molecule has 3 nitrogen and oxygen atoms in total. The van der Waals surface area contributed by atoms with E-state index < -0.39 is 23.1 Å². The number of aryl methyl sites for hydroxylation is 2. The van der Waals surface area contributed by atoms with E-state index in [1.807, 2.05) is 20.8 Å². The number of anilines is 1. The van der Waals surface area contributed by atoms with E-state index >= 15 is 0 Å². The fraction of sp³-hybridized carbons (Fsp3) is 0.333. The summed E-state index contributed by atoms with van der Waals surface area (Å²) in [5.41, 5.74) is 1.73. The molecule has 1 N–H and O–H groups in total. The van der Waals surface area contributed by atoms with Crippen molar-refractivity contribution in [1.29, 1.82) is 0 Å². The van der Waals surface area contributed by atoms with Crippen molar-refractivity contribution in [2.45, 2.75) is 40.3 Å². The number of hydrogen-bond acceptors (Lipinski definition) is 2. The summed E-state index contributed by atoms with van der Waals surface area (Å²) in [4.78, 5) is 25.6. The van der Waals surface area contributed by atoms with Crippen LogP contribution in [-0.2, 0) is 12.6 Å². The normalized spacial score (nSPS) is 15.6. The summed E-state index contributed by atoms with van der Waals surface area (Å²) in [5.74, 6) is -0.517. The molecule has 0 aliphatic heterocycles. The van der Waals surface area contributed by atoms with Crippen molar-refractivity contribution < 1.29 is 22.8 Å². The van der Waals surface area contributed by atoms with Crippen molar-refractivity contribution in [1.82, 2.24) is 0 Å². The number of fused-ring (bicyclic) bond motifs is 1. The van der Waals surface area contributed by atoms with E-state index in [-0.39, 0.29) is 11.5 Å². The van der Waals surface area contributed by atoms with Crippen LogP contribution in [-0.4, -0.2) is 11.7 Å². The number of rotatable bonds is 2. The van der Waals surface area contributed by atoms with E-state index in [1.54, 1.807) is 13.0 Å². The van der Waals surface area contributed by atoms with Gasteiger partial charge in [0.05, 0.1) is 5.56 Å². The molecular formula is C21H20F3NO2. The van der Waals surface area contributed by atoms with Gasteiger partial charge in [-0.2, -0.15) is 13.2 Å². The maximum absolute atomic E-state index is 12.9. The molecule has 27 heavy (non-hydrogen) atoms. The number of carbonyl (C=O) groups excluding carboxylic acids is 2. The first-order valence-corrected chi connectivity index (χ1v) is 8.58. The van der Waals surface area contributed by atoms with Crippen molar-refractivity contribution in [3.8, 4) is 0 Å². The molecule has 6 heteroatoms. The van der Waals surface area contributed by atoms with Crippen LogP contribution >= 0.6 is 0 Å². The predicted octanol–water partition coefficient (Wildman–Crippen LogP) is 5.34. The number of carbonyl (C=O) groups is 2. The standard InChI is InChI=1S/C21H20F3NO2/c1-11-8-12(2)17(15-10-20(3,4)18(26)16(11)15)19(27)25-14-7-5-6-13(9-14)21(22,23)24/h5-9H,10H2,1-4H3,(H,25,27). The Kier molecular flexibility index (Phi) is 4.41. The lowest BCUT2D eigenvalue weighted by Gasteiger charge is -2.15. The zero-order valence-corrected chi connectivity index (χ0v) is 15.5. The van der Waals surface area contributed by atoms with Crippen molar-refractivity contribution in [3.63, 3.8) is 0 Å². The molecule has 0 unspecified atom stereocenters. The first-order valence-electron chi connectivity index (χ1n) is 8.58. The van der Waals surface area contributed by atoms with Gasteiger partial charge >= 0.3 is 6.18 Å². The molecule has 0 bridgehead atoms. The van der Waals surface area contributed by atoms with Gasteiger partial charge in [-0.05, 0) is 55.2 Å². The second kappa shape index (κ2) is 6.22. The molecule has 0 aromatic heterocycles. The molecule has 0 atom stereocenters. The topological polar surface area (TPSA) is 46.2 Å². The lowest BCUT2D eigenvalue weighted by Crippen LogP contribution is -2.19. The third-order valence-electron chi connectivity index (χ3n) is 4.96. The molecule has 1 aliphatic rings. The third-order valence-corrected chi connectivity index (χ3v) is 4.96. The minimum atomic E-state index is -4.49. The Hall–Kier alpha value is -2.63. The average molecular weight is 375 g/mol. The van der Waals surface area contributed by atoms with E-state index in [1.165, 1.54) is 12.1 Å². The number of hydrogen-bond donors (Lipinski definition) is 1. The Morgan fingerprint density at radius 2 is 1.78 bits per heavy atom. The summed E-state index contributed by atoms with van der Waals surface area (Å²) in [7, 11) is 0. The fourth-order valence-electron chi connectivity index (χ4n) is 3.71. The van der Waals surface area contributed by atoms with Gasteiger partial charge in [0.25, 0.3) is 5.91 Å². The van der Waals surface area contributed by atoms with Gasteiger partial charge in [-0.1, -0.05) is 26.0 Å². The van der Waals surface area contributed by atoms with Gasteiger partial charge < -0.3 is 5.32 Å². The average Bonchev–Trinajstić information content (AvgIpc) is 2.76. The summed E-state index contributed by atoms with van der Waals surface area (Å²) >= 11 is 0. The number of halogens is 3. The summed E-state index contributed by atoms with van der Waals surface area (Å²) in [6, 6.07) is 6.28. The van der Waals surface area contributed by atoms with Gasteiger partial charge in [-0.15, -0.1) is 0 Å². The molecule has 0 saturated heterocycles. The first-order chi connectivity index (χ1) is 12.4. The van der Waals surface area contributed by atoms with Crippen molar-refractivity contribution in [2.75, 3.05) is 5.32 Å². The van der Waals surface area contributed by atoms with Crippen LogP contribution in [0.5, 0.6) is 0 Å². The zero-order valence-electron chi connectivity index (χ0n) is 15.5. The van der Waals surface area contributed by atoms with Crippen LogP contribution in [0.15, 0.2) is 30.3 Å². The molecule has 142 valence electrons. The predicted molar refractivity (Wildman–Crippen MR) is 97.1 cm³/mol. The minimum absolute atomic E-state index is 0.0110. The lowest BCUT2D eigenvalue weighted by molar-refractivity contribution is -0.137. The Morgan fingerprint density at radius 3 is 2.41 bits per heavy atom. The van der Waals surface area contributed by atoms with Crippen LogP contribution in [0.25, 0.3) is 0 Å². The van der Waals surface area contributed by atoms with Crippen LogP contribution in [0, 0.1) is 19.3 Å². The smallest absolute Gasteiger partial charge is 0.322 e. The van der Waals surface area contributed by atoms with E-state index in [0.29, 0.717) is 28.7 Å². The highest BCUT2D eigenvalue weighted by atomic mass is 19.4. The fourth-order valence-corrected chi connectivity index (χ4v) is 3.71. The van der Waals surface area contributed by atoms with Crippen LogP contribution in [0.4, 0.5) is 18.9 Å². The van der Waals surface area contributed by atoms with E-state index in [4.69, 9.17) is 0 Å². The molecule has 0 heterocycles. The highest BCUT2D eigenvalue weighted by Crippen LogP contribution is 2.41. The van der Waals surface area contributed by atoms with Crippen molar-refractivity contribution >= 4 is 17.4 Å².